The smallest absolute Gasteiger partial charge is 0.307 e. The normalized spacial score (nSPS) is 24.9. The lowest BCUT2D eigenvalue weighted by atomic mass is 9.78. The van der Waals surface area contributed by atoms with Crippen molar-refractivity contribution in [2.24, 2.45) is 11.8 Å². The number of hydrogen-bond donors (Lipinski definition) is 1. The SMILES string of the molecule is O=C(O)[C@H]1CCCC[C@@H]1C(=O)N1CC=C(c2ccccc2)CC1. The second kappa shape index (κ2) is 6.99. The Morgan fingerprint density at radius 3 is 2.35 bits per heavy atom. The zero-order chi connectivity index (χ0) is 16.2. The van der Waals surface area contributed by atoms with Crippen molar-refractivity contribution in [2.75, 3.05) is 13.1 Å². The van der Waals surface area contributed by atoms with Crippen molar-refractivity contribution in [3.63, 3.8) is 0 Å². The summed E-state index contributed by atoms with van der Waals surface area (Å²) in [5.74, 6) is -1.63. The van der Waals surface area contributed by atoms with Gasteiger partial charge in [-0.3, -0.25) is 9.59 Å². The maximum atomic E-state index is 12.7. The number of amides is 1. The summed E-state index contributed by atoms with van der Waals surface area (Å²) in [5.41, 5.74) is 2.48. The van der Waals surface area contributed by atoms with Gasteiger partial charge in [-0.15, -0.1) is 0 Å². The molecule has 0 spiro atoms. The second-order valence-electron chi connectivity index (χ2n) is 6.47. The van der Waals surface area contributed by atoms with Gasteiger partial charge in [0.05, 0.1) is 11.8 Å². The third-order valence-corrected chi connectivity index (χ3v) is 5.07. The highest BCUT2D eigenvalue weighted by molar-refractivity contribution is 5.85. The topological polar surface area (TPSA) is 57.6 Å². The van der Waals surface area contributed by atoms with E-state index in [1.807, 2.05) is 23.1 Å². The fourth-order valence-electron chi connectivity index (χ4n) is 3.74. The van der Waals surface area contributed by atoms with E-state index < -0.39 is 11.9 Å². The van der Waals surface area contributed by atoms with Crippen LogP contribution in [0.25, 0.3) is 5.57 Å². The van der Waals surface area contributed by atoms with Gasteiger partial charge in [0.1, 0.15) is 0 Å². The van der Waals surface area contributed by atoms with E-state index in [0.717, 1.165) is 19.3 Å². The highest BCUT2D eigenvalue weighted by atomic mass is 16.4. The number of aliphatic carboxylic acids is 1. The number of carbonyl (C=O) groups excluding carboxylic acids is 1. The Kier molecular flexibility index (Phi) is 4.79. The van der Waals surface area contributed by atoms with Crippen molar-refractivity contribution < 1.29 is 14.7 Å². The molecule has 2 aliphatic rings. The molecule has 0 aromatic heterocycles. The number of benzene rings is 1. The van der Waals surface area contributed by atoms with Gasteiger partial charge in [0, 0.05) is 13.1 Å². The van der Waals surface area contributed by atoms with Crippen molar-refractivity contribution in [1.29, 1.82) is 0 Å². The van der Waals surface area contributed by atoms with Crippen LogP contribution in [0.2, 0.25) is 0 Å². The number of carboxylic acids is 1. The summed E-state index contributed by atoms with van der Waals surface area (Å²) in [6, 6.07) is 10.2. The first-order valence-corrected chi connectivity index (χ1v) is 8.43. The molecule has 122 valence electrons. The molecule has 3 rings (SSSR count). The third-order valence-electron chi connectivity index (χ3n) is 5.07. The Morgan fingerprint density at radius 2 is 1.74 bits per heavy atom. The van der Waals surface area contributed by atoms with Crippen LogP contribution in [-0.2, 0) is 9.59 Å². The Bertz CT molecular complexity index is 608. The molecule has 1 amide bonds. The number of rotatable bonds is 3. The van der Waals surface area contributed by atoms with E-state index >= 15 is 0 Å². The zero-order valence-corrected chi connectivity index (χ0v) is 13.3. The number of nitrogens with zero attached hydrogens (tertiary/aromatic N) is 1. The van der Waals surface area contributed by atoms with Crippen molar-refractivity contribution in [3.05, 3.63) is 42.0 Å². The number of hydrogen-bond acceptors (Lipinski definition) is 2. The molecule has 1 saturated carbocycles. The van der Waals surface area contributed by atoms with Crippen molar-refractivity contribution in [3.8, 4) is 0 Å². The predicted molar refractivity (Wildman–Crippen MR) is 88.7 cm³/mol. The van der Waals surface area contributed by atoms with Crippen LogP contribution in [0.3, 0.4) is 0 Å². The molecule has 1 aromatic rings. The summed E-state index contributed by atoms with van der Waals surface area (Å²) in [5, 5.41) is 9.36. The van der Waals surface area contributed by atoms with Gasteiger partial charge in [-0.1, -0.05) is 49.2 Å². The van der Waals surface area contributed by atoms with Crippen LogP contribution in [0.5, 0.6) is 0 Å². The fraction of sp³-hybridized carbons (Fsp3) is 0.474. The first-order valence-electron chi connectivity index (χ1n) is 8.43. The number of carboxylic acid groups (broad SMARTS) is 1. The largest absolute Gasteiger partial charge is 0.481 e. The molecular formula is C19H23NO3. The van der Waals surface area contributed by atoms with Crippen LogP contribution in [0.4, 0.5) is 0 Å². The van der Waals surface area contributed by atoms with Gasteiger partial charge in [0.15, 0.2) is 0 Å². The fourth-order valence-corrected chi connectivity index (χ4v) is 3.74. The third kappa shape index (κ3) is 3.46. The second-order valence-corrected chi connectivity index (χ2v) is 6.47. The van der Waals surface area contributed by atoms with Crippen LogP contribution in [0.1, 0.15) is 37.7 Å². The zero-order valence-electron chi connectivity index (χ0n) is 13.3. The van der Waals surface area contributed by atoms with E-state index in [9.17, 15) is 14.7 Å². The van der Waals surface area contributed by atoms with Gasteiger partial charge >= 0.3 is 5.97 Å². The molecule has 1 aromatic carbocycles. The van der Waals surface area contributed by atoms with Crippen molar-refractivity contribution in [2.45, 2.75) is 32.1 Å². The molecule has 1 N–H and O–H groups in total. The molecule has 1 aliphatic heterocycles. The van der Waals surface area contributed by atoms with E-state index in [4.69, 9.17) is 0 Å². The Hall–Kier alpha value is -2.10. The molecule has 23 heavy (non-hydrogen) atoms. The minimum Gasteiger partial charge on any atom is -0.481 e. The molecule has 1 fully saturated rings. The number of carbonyl (C=O) groups is 2. The highest BCUT2D eigenvalue weighted by Crippen LogP contribution is 2.33. The van der Waals surface area contributed by atoms with E-state index in [2.05, 4.69) is 18.2 Å². The molecule has 0 saturated heterocycles. The average Bonchev–Trinajstić information content (AvgIpc) is 2.62. The highest BCUT2D eigenvalue weighted by Gasteiger charge is 2.38. The van der Waals surface area contributed by atoms with Gasteiger partial charge in [-0.25, -0.2) is 0 Å². The first kappa shape index (κ1) is 15.8. The first-order chi connectivity index (χ1) is 11.2. The minimum atomic E-state index is -0.819. The van der Waals surface area contributed by atoms with Gasteiger partial charge in [0.25, 0.3) is 0 Å². The molecule has 2 atom stereocenters. The van der Waals surface area contributed by atoms with Crippen LogP contribution >= 0.6 is 0 Å². The summed E-state index contributed by atoms with van der Waals surface area (Å²) in [6.45, 7) is 1.27. The van der Waals surface area contributed by atoms with E-state index in [0.29, 0.717) is 25.9 Å². The van der Waals surface area contributed by atoms with Crippen LogP contribution in [0.15, 0.2) is 36.4 Å². The summed E-state index contributed by atoms with van der Waals surface area (Å²) < 4.78 is 0. The maximum absolute atomic E-state index is 12.7. The monoisotopic (exact) mass is 313 g/mol. The standard InChI is InChI=1S/C19H23NO3/c21-18(16-8-4-5-9-17(16)19(22)23)20-12-10-15(11-13-20)14-6-2-1-3-7-14/h1-3,6-7,10,16-17H,4-5,8-9,11-13H2,(H,22,23)/t16-,17-/m0/s1. The molecule has 1 heterocycles. The molecular weight excluding hydrogens is 290 g/mol. The van der Waals surface area contributed by atoms with Crippen LogP contribution in [-0.4, -0.2) is 35.0 Å². The van der Waals surface area contributed by atoms with Crippen LogP contribution in [0, 0.1) is 11.8 Å². The lowest BCUT2D eigenvalue weighted by Gasteiger charge is -2.34. The van der Waals surface area contributed by atoms with Gasteiger partial charge in [0.2, 0.25) is 5.91 Å². The molecule has 0 radical (unpaired) electrons. The quantitative estimate of drug-likeness (QED) is 0.932. The van der Waals surface area contributed by atoms with Crippen molar-refractivity contribution >= 4 is 17.4 Å². The van der Waals surface area contributed by atoms with Crippen LogP contribution < -0.4 is 0 Å². The van der Waals surface area contributed by atoms with Gasteiger partial charge in [-0.2, -0.15) is 0 Å². The average molecular weight is 313 g/mol. The summed E-state index contributed by atoms with van der Waals surface area (Å²) in [6.07, 6.45) is 6.15. The van der Waals surface area contributed by atoms with Crippen molar-refractivity contribution in [1.82, 2.24) is 4.90 Å². The molecule has 1 aliphatic carbocycles. The van der Waals surface area contributed by atoms with E-state index in [1.165, 1.54) is 11.1 Å². The Labute approximate surface area is 136 Å². The molecule has 0 unspecified atom stereocenters. The predicted octanol–water partition coefficient (Wildman–Crippen LogP) is 3.19. The van der Waals surface area contributed by atoms with E-state index in [1.54, 1.807) is 0 Å². The van der Waals surface area contributed by atoms with Gasteiger partial charge in [-0.05, 0) is 30.4 Å². The lowest BCUT2D eigenvalue weighted by Crippen LogP contribution is -2.44. The maximum Gasteiger partial charge on any atom is 0.307 e. The molecule has 4 nitrogen and oxygen atoms in total. The summed E-state index contributed by atoms with van der Waals surface area (Å²) in [4.78, 5) is 26.0. The molecule has 4 heteroatoms. The molecule has 0 bridgehead atoms. The van der Waals surface area contributed by atoms with Gasteiger partial charge < -0.3 is 10.0 Å². The summed E-state index contributed by atoms with van der Waals surface area (Å²) in [7, 11) is 0. The Balaban J connectivity index is 1.68. The van der Waals surface area contributed by atoms with E-state index in [-0.39, 0.29) is 11.8 Å². The Morgan fingerprint density at radius 1 is 1.04 bits per heavy atom. The summed E-state index contributed by atoms with van der Waals surface area (Å²) >= 11 is 0. The minimum absolute atomic E-state index is 0.0282. The lowest BCUT2D eigenvalue weighted by molar-refractivity contribution is -0.152.